The molecule has 1 spiro atoms. The maximum absolute atomic E-state index is 14.3. The van der Waals surface area contributed by atoms with Crippen molar-refractivity contribution in [1.29, 1.82) is 0 Å². The second kappa shape index (κ2) is 8.50. The first-order valence-electron chi connectivity index (χ1n) is 12.7. The largest absolute Gasteiger partial charge is 0.486 e. The number of H-pyrrole nitrogens is 1. The van der Waals surface area contributed by atoms with Crippen LogP contribution in [0.4, 0.5) is 14.9 Å². The Bertz CT molecular complexity index is 1510. The van der Waals surface area contributed by atoms with Crippen LogP contribution in [0.25, 0.3) is 22.2 Å². The molecular formula is C29H26FN3O4. The van der Waals surface area contributed by atoms with Crippen LogP contribution in [0.5, 0.6) is 11.5 Å². The number of amides is 1. The minimum absolute atomic E-state index is 0.247. The molecule has 2 fully saturated rings. The Balaban J connectivity index is 1.08. The monoisotopic (exact) mass is 499 g/mol. The smallest absolute Gasteiger partial charge is 0.415 e. The van der Waals surface area contributed by atoms with Crippen molar-refractivity contribution in [1.82, 2.24) is 9.97 Å². The highest BCUT2D eigenvalue weighted by Gasteiger charge is 2.48. The number of para-hydroxylation sites is 1. The molecule has 3 aliphatic rings. The number of hydrogen-bond acceptors (Lipinski definition) is 5. The number of ether oxygens (including phenoxy) is 3. The number of halogens is 1. The van der Waals surface area contributed by atoms with Crippen LogP contribution in [-0.4, -0.2) is 41.4 Å². The Kier molecular flexibility index (Phi) is 5.09. The van der Waals surface area contributed by atoms with Crippen LogP contribution in [0, 0.1) is 5.82 Å². The molecule has 3 heterocycles. The molecule has 0 atom stereocenters. The molecule has 3 aromatic carbocycles. The van der Waals surface area contributed by atoms with Gasteiger partial charge in [0.1, 0.15) is 30.5 Å². The van der Waals surface area contributed by atoms with E-state index >= 15 is 0 Å². The van der Waals surface area contributed by atoms with Gasteiger partial charge >= 0.3 is 6.09 Å². The average Bonchev–Trinajstić information content (AvgIpc) is 3.49. The Morgan fingerprint density at radius 2 is 1.70 bits per heavy atom. The first-order chi connectivity index (χ1) is 18.1. The molecule has 1 aliphatic carbocycles. The number of fused-ring (bicyclic) bond motifs is 2. The fraction of sp³-hybridized carbons (Fsp3) is 0.310. The van der Waals surface area contributed by atoms with Crippen molar-refractivity contribution in [3.05, 3.63) is 72.3 Å². The predicted molar refractivity (Wildman–Crippen MR) is 137 cm³/mol. The summed E-state index contributed by atoms with van der Waals surface area (Å²) in [5.41, 5.74) is 3.75. The number of aromatic amines is 1. The lowest BCUT2D eigenvalue weighted by Crippen LogP contribution is -2.38. The van der Waals surface area contributed by atoms with Gasteiger partial charge in [-0.3, -0.25) is 4.90 Å². The van der Waals surface area contributed by atoms with Crippen LogP contribution in [0.2, 0.25) is 0 Å². The normalized spacial score (nSPS) is 23.0. The van der Waals surface area contributed by atoms with Crippen molar-refractivity contribution in [3.8, 4) is 22.6 Å². The summed E-state index contributed by atoms with van der Waals surface area (Å²) in [6.07, 6.45) is 2.64. The van der Waals surface area contributed by atoms with Crippen molar-refractivity contribution in [2.24, 2.45) is 0 Å². The molecule has 7 rings (SSSR count). The molecule has 1 saturated carbocycles. The average molecular weight is 500 g/mol. The zero-order valence-electron chi connectivity index (χ0n) is 20.2. The molecule has 1 saturated heterocycles. The fourth-order valence-electron chi connectivity index (χ4n) is 5.78. The Morgan fingerprint density at radius 1 is 0.946 bits per heavy atom. The molecule has 0 unspecified atom stereocenters. The van der Waals surface area contributed by atoms with Gasteiger partial charge in [-0.05, 0) is 73.2 Å². The number of aromatic nitrogens is 2. The highest BCUT2D eigenvalue weighted by atomic mass is 19.1. The number of benzene rings is 3. The van der Waals surface area contributed by atoms with E-state index in [9.17, 15) is 9.18 Å². The third kappa shape index (κ3) is 3.87. The van der Waals surface area contributed by atoms with Gasteiger partial charge < -0.3 is 19.2 Å². The molecular weight excluding hydrogens is 473 g/mol. The number of anilines is 1. The van der Waals surface area contributed by atoms with Crippen LogP contribution in [0.1, 0.15) is 37.4 Å². The summed E-state index contributed by atoms with van der Waals surface area (Å²) >= 11 is 0. The molecule has 0 bridgehead atoms. The lowest BCUT2D eigenvalue weighted by molar-refractivity contribution is 0.0208. The van der Waals surface area contributed by atoms with Crippen molar-refractivity contribution in [3.63, 3.8) is 0 Å². The van der Waals surface area contributed by atoms with Gasteiger partial charge in [-0.15, -0.1) is 0 Å². The molecule has 188 valence electrons. The molecule has 4 aromatic rings. The minimum Gasteiger partial charge on any atom is -0.486 e. The van der Waals surface area contributed by atoms with Crippen molar-refractivity contribution in [2.75, 3.05) is 24.7 Å². The summed E-state index contributed by atoms with van der Waals surface area (Å²) in [5, 5.41) is 0. The summed E-state index contributed by atoms with van der Waals surface area (Å²) in [6, 6.07) is 18.6. The van der Waals surface area contributed by atoms with Gasteiger partial charge in [0.2, 0.25) is 0 Å². The minimum atomic E-state index is -0.576. The van der Waals surface area contributed by atoms with Crippen LogP contribution >= 0.6 is 0 Å². The molecule has 1 aromatic heterocycles. The van der Waals surface area contributed by atoms with Crippen molar-refractivity contribution in [2.45, 2.75) is 37.2 Å². The number of rotatable bonds is 3. The summed E-state index contributed by atoms with van der Waals surface area (Å²) in [4.78, 5) is 22.4. The highest BCUT2D eigenvalue weighted by molar-refractivity contribution is 5.90. The van der Waals surface area contributed by atoms with E-state index in [-0.39, 0.29) is 11.6 Å². The zero-order valence-corrected chi connectivity index (χ0v) is 20.2. The molecule has 7 nitrogen and oxygen atoms in total. The van der Waals surface area contributed by atoms with E-state index in [0.29, 0.717) is 32.6 Å². The van der Waals surface area contributed by atoms with Gasteiger partial charge in [0.25, 0.3) is 0 Å². The zero-order chi connectivity index (χ0) is 25.0. The predicted octanol–water partition coefficient (Wildman–Crippen LogP) is 6.19. The van der Waals surface area contributed by atoms with E-state index in [4.69, 9.17) is 19.2 Å². The molecule has 2 aliphatic heterocycles. The van der Waals surface area contributed by atoms with Gasteiger partial charge in [-0.25, -0.2) is 14.2 Å². The number of nitrogens with one attached hydrogen (secondary N) is 1. The summed E-state index contributed by atoms with van der Waals surface area (Å²) in [6.45, 7) is 1.50. The van der Waals surface area contributed by atoms with E-state index < -0.39 is 17.5 Å². The van der Waals surface area contributed by atoms with Gasteiger partial charge in [0, 0.05) is 5.92 Å². The van der Waals surface area contributed by atoms with Crippen molar-refractivity contribution >= 4 is 22.8 Å². The van der Waals surface area contributed by atoms with Gasteiger partial charge in [0.15, 0.2) is 11.5 Å². The SMILES string of the molecule is O=C1OC2(CCC(c3nc4ccc(-c5ccc6c(c5)OCCO6)cc4[nH]3)CC2)CN1c1ccccc1F. The number of nitrogens with zero attached hydrogens (tertiary/aromatic N) is 2. The molecule has 1 amide bonds. The van der Waals surface area contributed by atoms with Crippen LogP contribution in [-0.2, 0) is 4.74 Å². The fourth-order valence-corrected chi connectivity index (χ4v) is 5.78. The third-order valence-corrected chi connectivity index (χ3v) is 7.77. The quantitative estimate of drug-likeness (QED) is 0.364. The molecule has 8 heteroatoms. The van der Waals surface area contributed by atoms with Gasteiger partial charge in [0.05, 0.1) is 23.3 Å². The lowest BCUT2D eigenvalue weighted by Gasteiger charge is -2.34. The van der Waals surface area contributed by atoms with Crippen LogP contribution < -0.4 is 14.4 Å². The number of hydrogen-bond donors (Lipinski definition) is 1. The van der Waals surface area contributed by atoms with E-state index in [1.54, 1.807) is 18.2 Å². The lowest BCUT2D eigenvalue weighted by atomic mass is 9.78. The van der Waals surface area contributed by atoms with E-state index in [1.807, 2.05) is 24.3 Å². The van der Waals surface area contributed by atoms with Gasteiger partial charge in [-0.2, -0.15) is 0 Å². The second-order valence-corrected chi connectivity index (χ2v) is 10.1. The van der Waals surface area contributed by atoms with Crippen LogP contribution in [0.3, 0.4) is 0 Å². The Hall–Kier alpha value is -4.07. The standard InChI is InChI=1S/C29H26FN3O4/c30-21-3-1-2-4-24(21)33-17-29(37-28(33)34)11-9-18(10-12-29)27-31-22-7-5-19(15-23(22)32-27)20-6-8-25-26(16-20)36-14-13-35-25/h1-8,15-16,18H,9-14,17H2,(H,31,32). The first kappa shape index (κ1) is 22.2. The Morgan fingerprint density at radius 3 is 2.54 bits per heavy atom. The summed E-state index contributed by atoms with van der Waals surface area (Å²) in [7, 11) is 0. The van der Waals surface area contributed by atoms with Gasteiger partial charge in [-0.1, -0.05) is 24.3 Å². The summed E-state index contributed by atoms with van der Waals surface area (Å²) in [5.74, 6) is 2.34. The summed E-state index contributed by atoms with van der Waals surface area (Å²) < 4.78 is 31.5. The number of carbonyl (C=O) groups is 1. The van der Waals surface area contributed by atoms with E-state index in [1.165, 1.54) is 11.0 Å². The van der Waals surface area contributed by atoms with Crippen molar-refractivity contribution < 1.29 is 23.4 Å². The Labute approximate surface area is 213 Å². The maximum atomic E-state index is 14.3. The maximum Gasteiger partial charge on any atom is 0.415 e. The third-order valence-electron chi connectivity index (χ3n) is 7.77. The van der Waals surface area contributed by atoms with E-state index in [0.717, 1.165) is 52.3 Å². The number of carbonyl (C=O) groups excluding carboxylic acids is 1. The van der Waals surface area contributed by atoms with E-state index in [2.05, 4.69) is 17.1 Å². The first-order valence-corrected chi connectivity index (χ1v) is 12.7. The molecule has 0 radical (unpaired) electrons. The molecule has 1 N–H and O–H groups in total. The number of imidazole rings is 1. The highest BCUT2D eigenvalue weighted by Crippen LogP contribution is 2.44. The molecule has 37 heavy (non-hydrogen) atoms. The second-order valence-electron chi connectivity index (χ2n) is 10.1. The van der Waals surface area contributed by atoms with Crippen LogP contribution in [0.15, 0.2) is 60.7 Å². The topological polar surface area (TPSA) is 76.7 Å².